The van der Waals surface area contributed by atoms with Crippen molar-refractivity contribution in [1.82, 2.24) is 0 Å². The van der Waals surface area contributed by atoms with Gasteiger partial charge < -0.3 is 0 Å². The Morgan fingerprint density at radius 1 is 0.833 bits per heavy atom. The van der Waals surface area contributed by atoms with Gasteiger partial charge in [0.05, 0.1) is 10.2 Å². The molecule has 2 aromatic carbocycles. The van der Waals surface area contributed by atoms with Crippen LogP contribution in [0, 0.1) is 13.8 Å². The topological polar surface area (TPSA) is 0 Å². The van der Waals surface area contributed by atoms with Gasteiger partial charge in [-0.1, -0.05) is 54.6 Å². The highest BCUT2D eigenvalue weighted by atomic mass is 28.1. The van der Waals surface area contributed by atoms with Crippen LogP contribution in [-0.2, 0) is 0 Å². The van der Waals surface area contributed by atoms with E-state index < -0.39 is 0 Å². The Morgan fingerprint density at radius 2 is 1.28 bits per heavy atom. The number of rotatable bonds is 3. The third-order valence-electron chi connectivity index (χ3n) is 3.34. The first-order valence-corrected chi connectivity index (χ1v) is 6.76. The summed E-state index contributed by atoms with van der Waals surface area (Å²) in [4.78, 5) is 0. The molecule has 0 aromatic heterocycles. The van der Waals surface area contributed by atoms with Gasteiger partial charge in [-0.15, -0.1) is 5.70 Å². The monoisotopic (exact) mass is 249 g/mol. The minimum Gasteiger partial charge on any atom is -0.105 e. The van der Waals surface area contributed by atoms with E-state index in [-0.39, 0.29) is 0 Å². The molecular weight excluding hydrogens is 232 g/mol. The maximum absolute atomic E-state index is 3.46. The van der Waals surface area contributed by atoms with Crippen LogP contribution < -0.4 is 0 Å². The van der Waals surface area contributed by atoms with E-state index in [9.17, 15) is 0 Å². The van der Waals surface area contributed by atoms with Crippen LogP contribution in [-0.4, -0.2) is 10.2 Å². The molecular formula is C17H17Si. The third kappa shape index (κ3) is 2.62. The summed E-state index contributed by atoms with van der Waals surface area (Å²) in [5, 5.41) is 0. The van der Waals surface area contributed by atoms with E-state index >= 15 is 0 Å². The first-order valence-electron chi connectivity index (χ1n) is 6.19. The predicted octanol–water partition coefficient (Wildman–Crippen LogP) is 4.12. The molecule has 1 heteroatoms. The van der Waals surface area contributed by atoms with Crippen LogP contribution in [0.2, 0.25) is 0 Å². The lowest BCUT2D eigenvalue weighted by Crippen LogP contribution is -2.02. The smallest absolute Gasteiger partial charge is 0.0596 e. The van der Waals surface area contributed by atoms with Crippen LogP contribution in [0.5, 0.6) is 0 Å². The summed E-state index contributed by atoms with van der Waals surface area (Å²) in [5.41, 5.74) is 7.33. The minimum absolute atomic E-state index is 0.310. The Kier molecular flexibility index (Phi) is 4.16. The molecule has 0 aliphatic rings. The lowest BCUT2D eigenvalue weighted by Gasteiger charge is -2.18. The second-order valence-electron chi connectivity index (χ2n) is 4.55. The highest BCUT2D eigenvalue weighted by Gasteiger charge is 2.14. The maximum atomic E-state index is 3.46. The largest absolute Gasteiger partial charge is 0.105 e. The molecule has 89 valence electrons. The summed E-state index contributed by atoms with van der Waals surface area (Å²) in [6, 6.07) is 17.1. The Morgan fingerprint density at radius 3 is 1.67 bits per heavy atom. The summed E-state index contributed by atoms with van der Waals surface area (Å²) in [6.07, 6.45) is 2.20. The van der Waals surface area contributed by atoms with E-state index in [1.807, 2.05) is 5.70 Å². The fraction of sp³-hybridized carbons (Fsp3) is 0.176. The van der Waals surface area contributed by atoms with Crippen LogP contribution in [0.1, 0.15) is 28.2 Å². The quantitative estimate of drug-likeness (QED) is 0.718. The van der Waals surface area contributed by atoms with Crippen molar-refractivity contribution in [3.05, 3.63) is 82.6 Å². The van der Waals surface area contributed by atoms with E-state index in [0.29, 0.717) is 5.92 Å². The first-order chi connectivity index (χ1) is 8.74. The summed E-state index contributed by atoms with van der Waals surface area (Å²) in [5.74, 6) is 0.310. The Bertz CT molecular complexity index is 510. The number of aryl methyl sites for hydroxylation is 2. The zero-order valence-corrected chi connectivity index (χ0v) is 11.9. The van der Waals surface area contributed by atoms with Crippen molar-refractivity contribution >= 4 is 10.2 Å². The van der Waals surface area contributed by atoms with E-state index in [4.69, 9.17) is 0 Å². The first kappa shape index (κ1) is 12.8. The lowest BCUT2D eigenvalue weighted by atomic mass is 9.86. The van der Waals surface area contributed by atoms with Crippen molar-refractivity contribution < 1.29 is 0 Å². The zero-order chi connectivity index (χ0) is 13.0. The summed E-state index contributed by atoms with van der Waals surface area (Å²) >= 11 is 0. The highest BCUT2D eigenvalue weighted by molar-refractivity contribution is 6.17. The highest BCUT2D eigenvalue weighted by Crippen LogP contribution is 2.30. The molecule has 2 aromatic rings. The molecule has 0 amide bonds. The number of hydrogen-bond donors (Lipinski definition) is 0. The SMILES string of the molecule is Cc1ccccc1C(C=C[Si])c1ccccc1C. The molecule has 0 spiro atoms. The fourth-order valence-electron chi connectivity index (χ4n) is 2.34. The summed E-state index contributed by atoms with van der Waals surface area (Å²) in [6.45, 7) is 4.34. The predicted molar refractivity (Wildman–Crippen MR) is 79.1 cm³/mol. The molecule has 0 saturated carbocycles. The van der Waals surface area contributed by atoms with Gasteiger partial charge in [0.25, 0.3) is 0 Å². The number of allylic oxidation sites excluding steroid dienone is 1. The van der Waals surface area contributed by atoms with E-state index in [1.165, 1.54) is 22.3 Å². The van der Waals surface area contributed by atoms with E-state index in [1.54, 1.807) is 0 Å². The Balaban J connectivity index is 2.54. The molecule has 0 N–H and O–H groups in total. The van der Waals surface area contributed by atoms with Crippen LogP contribution in [0.15, 0.2) is 60.3 Å². The van der Waals surface area contributed by atoms with Crippen molar-refractivity contribution in [2.24, 2.45) is 0 Å². The summed E-state index contributed by atoms with van der Waals surface area (Å²) in [7, 11) is 3.46. The molecule has 0 nitrogen and oxygen atoms in total. The molecule has 0 heterocycles. The van der Waals surface area contributed by atoms with Gasteiger partial charge in [-0.3, -0.25) is 0 Å². The van der Waals surface area contributed by atoms with Crippen LogP contribution in [0.3, 0.4) is 0 Å². The molecule has 0 aliphatic carbocycles. The van der Waals surface area contributed by atoms with E-state index in [0.717, 1.165) is 0 Å². The van der Waals surface area contributed by atoms with Gasteiger partial charge in [0.1, 0.15) is 0 Å². The van der Waals surface area contributed by atoms with Crippen molar-refractivity contribution in [3.8, 4) is 0 Å². The van der Waals surface area contributed by atoms with Crippen LogP contribution >= 0.6 is 0 Å². The third-order valence-corrected chi connectivity index (χ3v) is 3.53. The maximum Gasteiger partial charge on any atom is 0.0596 e. The second-order valence-corrected chi connectivity index (χ2v) is 4.88. The molecule has 0 bridgehead atoms. The zero-order valence-electron chi connectivity index (χ0n) is 10.9. The Hall–Kier alpha value is -1.60. The van der Waals surface area contributed by atoms with Crippen LogP contribution in [0.25, 0.3) is 0 Å². The molecule has 0 fully saturated rings. The van der Waals surface area contributed by atoms with Gasteiger partial charge in [0, 0.05) is 5.92 Å². The van der Waals surface area contributed by atoms with Crippen molar-refractivity contribution in [2.75, 3.05) is 0 Å². The molecule has 0 unspecified atom stereocenters. The van der Waals surface area contributed by atoms with Gasteiger partial charge in [-0.05, 0) is 36.1 Å². The average Bonchev–Trinajstić information content (AvgIpc) is 2.38. The molecule has 0 atom stereocenters. The van der Waals surface area contributed by atoms with Gasteiger partial charge in [-0.2, -0.15) is 0 Å². The molecule has 2 rings (SSSR count). The van der Waals surface area contributed by atoms with Gasteiger partial charge in [0.2, 0.25) is 0 Å². The standard InChI is InChI=1S/C17H17Si/c1-13-7-3-5-9-15(13)17(11-12-18)16-10-6-4-8-14(16)2/h3-12,17H,1-2H3. The molecule has 0 saturated heterocycles. The number of hydrogen-bond acceptors (Lipinski definition) is 0. The minimum atomic E-state index is 0.310. The van der Waals surface area contributed by atoms with E-state index in [2.05, 4.69) is 78.7 Å². The number of benzene rings is 2. The second kappa shape index (κ2) is 5.83. The van der Waals surface area contributed by atoms with Crippen molar-refractivity contribution in [3.63, 3.8) is 0 Å². The lowest BCUT2D eigenvalue weighted by molar-refractivity contribution is 0.993. The molecule has 18 heavy (non-hydrogen) atoms. The molecule has 0 aliphatic heterocycles. The van der Waals surface area contributed by atoms with Gasteiger partial charge >= 0.3 is 0 Å². The van der Waals surface area contributed by atoms with Gasteiger partial charge in [0.15, 0.2) is 0 Å². The van der Waals surface area contributed by atoms with Crippen LogP contribution in [0.4, 0.5) is 0 Å². The van der Waals surface area contributed by atoms with Crippen molar-refractivity contribution in [2.45, 2.75) is 19.8 Å². The summed E-state index contributed by atoms with van der Waals surface area (Å²) < 4.78 is 0. The normalized spacial score (nSPS) is 11.3. The average molecular weight is 249 g/mol. The van der Waals surface area contributed by atoms with Crippen molar-refractivity contribution in [1.29, 1.82) is 0 Å². The van der Waals surface area contributed by atoms with Gasteiger partial charge in [-0.25, -0.2) is 0 Å². The molecule has 3 radical (unpaired) electrons. The fourth-order valence-corrected chi connectivity index (χ4v) is 2.54. The Labute approximate surface area is 113 Å².